The van der Waals surface area contributed by atoms with Gasteiger partial charge in [-0.05, 0) is 87.3 Å². The van der Waals surface area contributed by atoms with E-state index in [4.69, 9.17) is 27.9 Å². The molecule has 182 valence electrons. The van der Waals surface area contributed by atoms with Crippen molar-refractivity contribution in [2.24, 2.45) is 0 Å². The fourth-order valence-corrected chi connectivity index (χ4v) is 6.24. The number of carbonyl (C=O) groups excluding carboxylic acids is 1. The molecule has 0 aliphatic carbocycles. The molecule has 6 heteroatoms. The van der Waals surface area contributed by atoms with Gasteiger partial charge in [-0.15, -0.1) is 0 Å². The van der Waals surface area contributed by atoms with E-state index in [1.807, 2.05) is 17.0 Å². The zero-order valence-corrected chi connectivity index (χ0v) is 21.9. The minimum atomic E-state index is -0.0997. The summed E-state index contributed by atoms with van der Waals surface area (Å²) in [4.78, 5) is 18.1. The highest BCUT2D eigenvalue weighted by Crippen LogP contribution is 2.49. The van der Waals surface area contributed by atoms with Gasteiger partial charge in [-0.1, -0.05) is 52.5 Å². The molecule has 3 aromatic carbocycles. The van der Waals surface area contributed by atoms with Gasteiger partial charge in [0.2, 0.25) is 0 Å². The van der Waals surface area contributed by atoms with Crippen LogP contribution in [0, 0.1) is 13.8 Å². The molecule has 35 heavy (non-hydrogen) atoms. The first-order chi connectivity index (χ1) is 16.8. The van der Waals surface area contributed by atoms with Crippen molar-refractivity contribution in [3.8, 4) is 5.75 Å². The first kappa shape index (κ1) is 24.2. The van der Waals surface area contributed by atoms with Gasteiger partial charge in [0, 0.05) is 29.2 Å². The van der Waals surface area contributed by atoms with Crippen molar-refractivity contribution in [2.75, 3.05) is 31.6 Å². The number of anilines is 1. The highest BCUT2D eigenvalue weighted by atomic mass is 35.5. The van der Waals surface area contributed by atoms with E-state index in [0.717, 1.165) is 43.9 Å². The number of fused-ring (bicyclic) bond motifs is 2. The van der Waals surface area contributed by atoms with Crippen LogP contribution in [-0.4, -0.2) is 37.6 Å². The average molecular weight is 509 g/mol. The highest BCUT2D eigenvalue weighted by molar-refractivity contribution is 6.37. The van der Waals surface area contributed by atoms with Crippen LogP contribution in [0.15, 0.2) is 54.6 Å². The molecule has 0 atom stereocenters. The first-order valence-electron chi connectivity index (χ1n) is 12.0. The summed E-state index contributed by atoms with van der Waals surface area (Å²) in [7, 11) is 1.69. The van der Waals surface area contributed by atoms with Crippen LogP contribution in [0.1, 0.15) is 45.5 Å². The molecule has 4 nitrogen and oxygen atoms in total. The second-order valence-electron chi connectivity index (χ2n) is 9.95. The van der Waals surface area contributed by atoms with Crippen molar-refractivity contribution < 1.29 is 9.53 Å². The number of nitrogens with zero attached hydrogens (tertiary/aromatic N) is 2. The van der Waals surface area contributed by atoms with Crippen LogP contribution in [0.2, 0.25) is 10.0 Å². The lowest BCUT2D eigenvalue weighted by atomic mass is 9.74. The van der Waals surface area contributed by atoms with Crippen LogP contribution in [0.5, 0.6) is 5.75 Å². The van der Waals surface area contributed by atoms with Gasteiger partial charge in [-0.3, -0.25) is 9.69 Å². The standard InChI is InChI=1S/C29H30Cl2N2O2/c1-19-12-20(2)14-21(13-19)17-32-10-8-29(9-11-32)18-33(27-7-5-23(35-3)16-25(27)29)28(34)24-6-4-22(30)15-26(24)31/h4-7,12-16H,8-11,17-18H2,1-3H3. The van der Waals surface area contributed by atoms with E-state index < -0.39 is 0 Å². The van der Waals surface area contributed by atoms with E-state index >= 15 is 0 Å². The Morgan fingerprint density at radius 3 is 2.34 bits per heavy atom. The van der Waals surface area contributed by atoms with E-state index in [1.54, 1.807) is 25.3 Å². The lowest BCUT2D eigenvalue weighted by Gasteiger charge is -2.40. The molecule has 2 heterocycles. The summed E-state index contributed by atoms with van der Waals surface area (Å²) >= 11 is 12.5. The van der Waals surface area contributed by atoms with Crippen LogP contribution >= 0.6 is 23.2 Å². The molecule has 3 aromatic rings. The molecule has 0 saturated carbocycles. The van der Waals surface area contributed by atoms with Crippen molar-refractivity contribution in [1.82, 2.24) is 4.90 Å². The Balaban J connectivity index is 1.41. The molecule has 0 unspecified atom stereocenters. The molecule has 1 fully saturated rings. The van der Waals surface area contributed by atoms with Crippen molar-refractivity contribution in [2.45, 2.75) is 38.6 Å². The number of amides is 1. The second kappa shape index (κ2) is 9.50. The zero-order valence-electron chi connectivity index (χ0n) is 20.4. The third kappa shape index (κ3) is 4.67. The Labute approximate surface area is 217 Å². The molecule has 2 aliphatic heterocycles. The summed E-state index contributed by atoms with van der Waals surface area (Å²) in [5.41, 5.74) is 6.49. The van der Waals surface area contributed by atoms with Gasteiger partial charge in [-0.2, -0.15) is 0 Å². The number of hydrogen-bond acceptors (Lipinski definition) is 3. The number of carbonyl (C=O) groups is 1. The predicted molar refractivity (Wildman–Crippen MR) is 143 cm³/mol. The number of ether oxygens (including phenoxy) is 1. The lowest BCUT2D eigenvalue weighted by molar-refractivity contribution is 0.0975. The summed E-state index contributed by atoms with van der Waals surface area (Å²) in [5.74, 6) is 0.729. The smallest absolute Gasteiger partial charge is 0.259 e. The Kier molecular flexibility index (Phi) is 6.56. The van der Waals surface area contributed by atoms with E-state index in [0.29, 0.717) is 22.2 Å². The van der Waals surface area contributed by atoms with Gasteiger partial charge in [-0.25, -0.2) is 0 Å². The molecule has 0 aromatic heterocycles. The van der Waals surface area contributed by atoms with Crippen LogP contribution in [0.4, 0.5) is 5.69 Å². The van der Waals surface area contributed by atoms with Crippen LogP contribution in [-0.2, 0) is 12.0 Å². The van der Waals surface area contributed by atoms with E-state index in [-0.39, 0.29) is 11.3 Å². The number of aryl methyl sites for hydroxylation is 2. The molecule has 1 saturated heterocycles. The Hall–Kier alpha value is -2.53. The van der Waals surface area contributed by atoms with Crippen molar-refractivity contribution in [3.63, 3.8) is 0 Å². The zero-order chi connectivity index (χ0) is 24.7. The Morgan fingerprint density at radius 1 is 0.971 bits per heavy atom. The van der Waals surface area contributed by atoms with Crippen molar-refractivity contribution >= 4 is 34.8 Å². The Morgan fingerprint density at radius 2 is 1.69 bits per heavy atom. The number of hydrogen-bond donors (Lipinski definition) is 0. The number of rotatable bonds is 4. The SMILES string of the molecule is COc1ccc2c(c1)C1(CCN(Cc3cc(C)cc(C)c3)CC1)CN2C(=O)c1ccc(Cl)cc1Cl. The fourth-order valence-electron chi connectivity index (χ4n) is 5.75. The van der Waals surface area contributed by atoms with E-state index in [9.17, 15) is 4.79 Å². The summed E-state index contributed by atoms with van der Waals surface area (Å²) in [6.07, 6.45) is 1.96. The topological polar surface area (TPSA) is 32.8 Å². The highest BCUT2D eigenvalue weighted by Gasteiger charge is 2.46. The number of piperidine rings is 1. The molecule has 0 radical (unpaired) electrons. The Bertz CT molecular complexity index is 1260. The molecule has 5 rings (SSSR count). The van der Waals surface area contributed by atoms with Gasteiger partial charge in [0.25, 0.3) is 5.91 Å². The molecule has 1 amide bonds. The molecular weight excluding hydrogens is 479 g/mol. The quantitative estimate of drug-likeness (QED) is 0.387. The minimum absolute atomic E-state index is 0.0902. The minimum Gasteiger partial charge on any atom is -0.497 e. The molecular formula is C29H30Cl2N2O2. The first-order valence-corrected chi connectivity index (χ1v) is 12.8. The summed E-state index contributed by atoms with van der Waals surface area (Å²) in [6.45, 7) is 7.87. The number of methoxy groups -OCH3 is 1. The normalized spacial score (nSPS) is 17.0. The average Bonchev–Trinajstić information content (AvgIpc) is 3.13. The number of likely N-dealkylation sites (tertiary alicyclic amines) is 1. The second-order valence-corrected chi connectivity index (χ2v) is 10.8. The van der Waals surface area contributed by atoms with Gasteiger partial charge >= 0.3 is 0 Å². The third-order valence-corrected chi connectivity index (χ3v) is 7.98. The molecule has 0 N–H and O–H groups in total. The number of benzene rings is 3. The molecule has 1 spiro atoms. The van der Waals surface area contributed by atoms with Crippen LogP contribution < -0.4 is 9.64 Å². The van der Waals surface area contributed by atoms with Crippen molar-refractivity contribution in [3.05, 3.63) is 92.5 Å². The maximum Gasteiger partial charge on any atom is 0.259 e. The van der Waals surface area contributed by atoms with Crippen LogP contribution in [0.3, 0.4) is 0 Å². The molecule has 2 aliphatic rings. The summed E-state index contributed by atoms with van der Waals surface area (Å²) < 4.78 is 5.56. The van der Waals surface area contributed by atoms with Gasteiger partial charge in [0.15, 0.2) is 0 Å². The summed E-state index contributed by atoms with van der Waals surface area (Å²) in [5, 5.41) is 0.896. The largest absolute Gasteiger partial charge is 0.497 e. The summed E-state index contributed by atoms with van der Waals surface area (Å²) in [6, 6.07) is 17.9. The third-order valence-electron chi connectivity index (χ3n) is 7.43. The maximum atomic E-state index is 13.6. The van der Waals surface area contributed by atoms with Gasteiger partial charge in [0.05, 0.1) is 17.7 Å². The number of halogens is 2. The monoisotopic (exact) mass is 508 g/mol. The van der Waals surface area contributed by atoms with Gasteiger partial charge < -0.3 is 9.64 Å². The predicted octanol–water partition coefficient (Wildman–Crippen LogP) is 6.81. The van der Waals surface area contributed by atoms with Gasteiger partial charge in [0.1, 0.15) is 5.75 Å². The lowest BCUT2D eigenvalue weighted by Crippen LogP contribution is -2.45. The van der Waals surface area contributed by atoms with Crippen LogP contribution in [0.25, 0.3) is 0 Å². The van der Waals surface area contributed by atoms with E-state index in [1.165, 1.54) is 22.3 Å². The van der Waals surface area contributed by atoms with Crippen molar-refractivity contribution in [1.29, 1.82) is 0 Å². The molecule has 0 bridgehead atoms. The van der Waals surface area contributed by atoms with E-state index in [2.05, 4.69) is 43.0 Å². The maximum absolute atomic E-state index is 13.6. The fraction of sp³-hybridized carbons (Fsp3) is 0.345.